The van der Waals surface area contributed by atoms with Crippen molar-refractivity contribution >= 4 is 22.6 Å². The van der Waals surface area contributed by atoms with Gasteiger partial charge in [0.15, 0.2) is 5.43 Å². The Kier molecular flexibility index (Phi) is 5.58. The van der Waals surface area contributed by atoms with E-state index >= 15 is 0 Å². The highest BCUT2D eigenvalue weighted by Gasteiger charge is 2.18. The summed E-state index contributed by atoms with van der Waals surface area (Å²) < 4.78 is 11.1. The number of rotatable bonds is 5. The number of carbonyl (C=O) groups excluding carboxylic acids is 1. The Morgan fingerprint density at radius 2 is 1.71 bits per heavy atom. The molecule has 4 aromatic rings. The summed E-state index contributed by atoms with van der Waals surface area (Å²) in [5.74, 6) is 0.104. The van der Waals surface area contributed by atoms with Crippen molar-refractivity contribution in [2.45, 2.75) is 19.9 Å². The van der Waals surface area contributed by atoms with Crippen molar-refractivity contribution in [2.75, 3.05) is 12.4 Å². The van der Waals surface area contributed by atoms with Crippen LogP contribution in [0, 0.1) is 6.92 Å². The first-order valence-electron chi connectivity index (χ1n) is 10.1. The van der Waals surface area contributed by atoms with Crippen molar-refractivity contribution in [3.8, 4) is 11.3 Å². The van der Waals surface area contributed by atoms with E-state index in [0.717, 1.165) is 16.7 Å². The van der Waals surface area contributed by atoms with Gasteiger partial charge in [-0.2, -0.15) is 0 Å². The lowest BCUT2D eigenvalue weighted by Crippen LogP contribution is -2.13. The van der Waals surface area contributed by atoms with Gasteiger partial charge in [0, 0.05) is 22.9 Å². The predicted octanol–water partition coefficient (Wildman–Crippen LogP) is 5.73. The van der Waals surface area contributed by atoms with Gasteiger partial charge in [-0.05, 0) is 37.6 Å². The molecule has 1 unspecified atom stereocenters. The summed E-state index contributed by atoms with van der Waals surface area (Å²) >= 11 is 0. The number of methoxy groups -OCH3 is 1. The Bertz CT molecular complexity index is 1310. The van der Waals surface area contributed by atoms with E-state index in [-0.39, 0.29) is 11.5 Å². The van der Waals surface area contributed by atoms with Crippen molar-refractivity contribution in [1.82, 2.24) is 0 Å². The molecule has 0 aliphatic rings. The normalized spacial score (nSPS) is 11.8. The highest BCUT2D eigenvalue weighted by atomic mass is 16.5. The summed E-state index contributed by atoms with van der Waals surface area (Å²) in [5.41, 5.74) is 4.17. The molecule has 156 valence electrons. The van der Waals surface area contributed by atoms with Gasteiger partial charge in [-0.1, -0.05) is 48.5 Å². The monoisotopic (exact) mass is 413 g/mol. The molecular formula is C26H23NO4. The molecule has 0 saturated heterocycles. The molecular weight excluding hydrogens is 390 g/mol. The fourth-order valence-electron chi connectivity index (χ4n) is 3.71. The number of ether oxygens (including phenoxy) is 1. The molecule has 4 rings (SSSR count). The molecule has 0 aliphatic heterocycles. The second-order valence-corrected chi connectivity index (χ2v) is 7.47. The molecule has 0 fully saturated rings. The Morgan fingerprint density at radius 1 is 1.00 bits per heavy atom. The minimum Gasteiger partial charge on any atom is -0.465 e. The first-order chi connectivity index (χ1) is 15.0. The smallest absolute Gasteiger partial charge is 0.339 e. The van der Waals surface area contributed by atoms with Crippen LogP contribution in [0.25, 0.3) is 22.3 Å². The Morgan fingerprint density at radius 3 is 2.45 bits per heavy atom. The molecule has 0 spiro atoms. The van der Waals surface area contributed by atoms with Gasteiger partial charge < -0.3 is 14.5 Å². The summed E-state index contributed by atoms with van der Waals surface area (Å²) in [4.78, 5) is 25.0. The van der Waals surface area contributed by atoms with Crippen LogP contribution >= 0.6 is 0 Å². The van der Waals surface area contributed by atoms with Gasteiger partial charge >= 0.3 is 5.97 Å². The molecule has 1 aromatic heterocycles. The van der Waals surface area contributed by atoms with Crippen LogP contribution in [-0.4, -0.2) is 13.1 Å². The highest BCUT2D eigenvalue weighted by molar-refractivity contribution is 5.95. The quantitative estimate of drug-likeness (QED) is 0.423. The SMILES string of the molecule is COC(=O)c1ccccc1NC(C)c1cc(C)cc2c(=O)cc(-c3ccccc3)oc12. The van der Waals surface area contributed by atoms with Crippen molar-refractivity contribution in [3.63, 3.8) is 0 Å². The molecule has 1 N–H and O–H groups in total. The maximum absolute atomic E-state index is 12.9. The summed E-state index contributed by atoms with van der Waals surface area (Å²) in [6.45, 7) is 3.92. The molecule has 31 heavy (non-hydrogen) atoms. The molecule has 0 radical (unpaired) electrons. The Hall–Kier alpha value is -3.86. The summed E-state index contributed by atoms with van der Waals surface area (Å²) in [5, 5.41) is 3.91. The lowest BCUT2D eigenvalue weighted by atomic mass is 10.00. The zero-order valence-corrected chi connectivity index (χ0v) is 17.6. The van der Waals surface area contributed by atoms with E-state index < -0.39 is 5.97 Å². The Labute approximate surface area is 180 Å². The van der Waals surface area contributed by atoms with E-state index in [1.165, 1.54) is 13.2 Å². The van der Waals surface area contributed by atoms with E-state index in [9.17, 15) is 9.59 Å². The van der Waals surface area contributed by atoms with E-state index in [1.807, 2.05) is 68.4 Å². The fraction of sp³-hybridized carbons (Fsp3) is 0.154. The van der Waals surface area contributed by atoms with Crippen LogP contribution in [0.2, 0.25) is 0 Å². The third kappa shape index (κ3) is 4.08. The Balaban J connectivity index is 1.83. The largest absolute Gasteiger partial charge is 0.465 e. The molecule has 0 amide bonds. The van der Waals surface area contributed by atoms with Crippen molar-refractivity contribution in [3.05, 3.63) is 99.7 Å². The first kappa shape index (κ1) is 20.4. The first-order valence-corrected chi connectivity index (χ1v) is 10.1. The molecule has 0 bridgehead atoms. The number of esters is 1. The van der Waals surface area contributed by atoms with Gasteiger partial charge in [-0.25, -0.2) is 4.79 Å². The van der Waals surface area contributed by atoms with E-state index in [0.29, 0.717) is 28.0 Å². The topological polar surface area (TPSA) is 68.5 Å². The molecule has 5 heteroatoms. The van der Waals surface area contributed by atoms with E-state index in [2.05, 4.69) is 5.32 Å². The van der Waals surface area contributed by atoms with Crippen LogP contribution < -0.4 is 10.7 Å². The number of fused-ring (bicyclic) bond motifs is 1. The lowest BCUT2D eigenvalue weighted by Gasteiger charge is -2.19. The summed E-state index contributed by atoms with van der Waals surface area (Å²) in [6.07, 6.45) is 0. The average Bonchev–Trinajstić information content (AvgIpc) is 2.79. The third-order valence-corrected chi connectivity index (χ3v) is 5.23. The minimum atomic E-state index is -0.415. The number of anilines is 1. The van der Waals surface area contributed by atoms with Crippen LogP contribution in [-0.2, 0) is 4.74 Å². The van der Waals surface area contributed by atoms with Crippen molar-refractivity contribution in [2.24, 2.45) is 0 Å². The number of nitrogens with one attached hydrogen (secondary N) is 1. The standard InChI is InChI=1S/C26H23NO4/c1-16-13-20(17(2)27-22-12-8-7-11-19(22)26(29)30-3)25-21(14-16)23(28)15-24(31-25)18-9-5-4-6-10-18/h4-15,17,27H,1-3H3. The van der Waals surface area contributed by atoms with Crippen molar-refractivity contribution in [1.29, 1.82) is 0 Å². The molecule has 3 aromatic carbocycles. The number of hydrogen-bond acceptors (Lipinski definition) is 5. The zero-order valence-electron chi connectivity index (χ0n) is 17.6. The van der Waals surface area contributed by atoms with Gasteiger partial charge in [-0.15, -0.1) is 0 Å². The van der Waals surface area contributed by atoms with E-state index in [1.54, 1.807) is 12.1 Å². The lowest BCUT2D eigenvalue weighted by molar-refractivity contribution is 0.0602. The maximum Gasteiger partial charge on any atom is 0.339 e. The van der Waals surface area contributed by atoms with Crippen molar-refractivity contribution < 1.29 is 13.9 Å². The number of benzene rings is 3. The number of para-hydroxylation sites is 1. The molecule has 0 saturated carbocycles. The van der Waals surface area contributed by atoms with Crippen LogP contribution in [0.3, 0.4) is 0 Å². The van der Waals surface area contributed by atoms with Crippen LogP contribution in [0.1, 0.15) is 34.5 Å². The molecule has 0 aliphatic carbocycles. The van der Waals surface area contributed by atoms with Gasteiger partial charge in [0.05, 0.1) is 24.1 Å². The molecule has 1 atom stereocenters. The van der Waals surface area contributed by atoms with Crippen LogP contribution in [0.5, 0.6) is 0 Å². The van der Waals surface area contributed by atoms with E-state index in [4.69, 9.17) is 9.15 Å². The second kappa shape index (κ2) is 8.48. The third-order valence-electron chi connectivity index (χ3n) is 5.23. The van der Waals surface area contributed by atoms with Gasteiger partial charge in [-0.3, -0.25) is 4.79 Å². The molecule has 5 nitrogen and oxygen atoms in total. The minimum absolute atomic E-state index is 0.0905. The average molecular weight is 413 g/mol. The zero-order chi connectivity index (χ0) is 22.0. The van der Waals surface area contributed by atoms with Gasteiger partial charge in [0.2, 0.25) is 0 Å². The number of carbonyl (C=O) groups is 1. The second-order valence-electron chi connectivity index (χ2n) is 7.47. The fourth-order valence-corrected chi connectivity index (χ4v) is 3.71. The van der Waals surface area contributed by atoms with Crippen LogP contribution in [0.15, 0.2) is 82.0 Å². The maximum atomic E-state index is 12.9. The molecule has 1 heterocycles. The van der Waals surface area contributed by atoms with Gasteiger partial charge in [0.1, 0.15) is 11.3 Å². The number of hydrogen-bond donors (Lipinski definition) is 1. The van der Waals surface area contributed by atoms with Gasteiger partial charge in [0.25, 0.3) is 0 Å². The summed E-state index contributed by atoms with van der Waals surface area (Å²) in [6, 6.07) is 21.9. The van der Waals surface area contributed by atoms with Crippen LogP contribution in [0.4, 0.5) is 5.69 Å². The predicted molar refractivity (Wildman–Crippen MR) is 122 cm³/mol. The highest BCUT2D eigenvalue weighted by Crippen LogP contribution is 2.31. The number of aryl methyl sites for hydroxylation is 1. The summed E-state index contributed by atoms with van der Waals surface area (Å²) in [7, 11) is 1.36.